The molecule has 0 aliphatic heterocycles. The van der Waals surface area contributed by atoms with E-state index in [1.807, 2.05) is 30.6 Å². The Kier molecular flexibility index (Phi) is 5.97. The van der Waals surface area contributed by atoms with E-state index < -0.39 is 0 Å². The van der Waals surface area contributed by atoms with Crippen LogP contribution in [-0.2, 0) is 4.79 Å². The van der Waals surface area contributed by atoms with Crippen molar-refractivity contribution in [2.45, 2.75) is 33.1 Å². The fourth-order valence-corrected chi connectivity index (χ4v) is 5.17. The van der Waals surface area contributed by atoms with Crippen molar-refractivity contribution < 1.29 is 4.79 Å². The van der Waals surface area contributed by atoms with Crippen molar-refractivity contribution in [2.24, 2.45) is 0 Å². The summed E-state index contributed by atoms with van der Waals surface area (Å²) in [6.45, 7) is 4.11. The van der Waals surface area contributed by atoms with Gasteiger partial charge < -0.3 is 10.3 Å². The van der Waals surface area contributed by atoms with Crippen LogP contribution in [0.15, 0.2) is 59.7 Å². The molecule has 5 heterocycles. The fraction of sp³-hybridized carbons (Fsp3) is 0.179. The third-order valence-electron chi connectivity index (χ3n) is 6.39. The Balaban J connectivity index is 1.40. The maximum Gasteiger partial charge on any atom is 0.224 e. The number of nitrogens with zero attached hydrogens (tertiary/aromatic N) is 4. The molecule has 0 atom stereocenters. The molecule has 0 saturated heterocycles. The number of aryl methyl sites for hydroxylation is 1. The number of rotatable bonds is 7. The first-order valence-electron chi connectivity index (χ1n) is 12.2. The Labute approximate surface area is 217 Å². The number of nitrogens with one attached hydrogen (secondary N) is 3. The predicted molar refractivity (Wildman–Crippen MR) is 148 cm³/mol. The van der Waals surface area contributed by atoms with Crippen LogP contribution in [0.25, 0.3) is 55.8 Å². The summed E-state index contributed by atoms with van der Waals surface area (Å²) in [6.07, 6.45) is 7.63. The number of imidazole rings is 1. The van der Waals surface area contributed by atoms with Crippen LogP contribution < -0.4 is 5.32 Å². The highest BCUT2D eigenvalue weighted by molar-refractivity contribution is 7.08. The summed E-state index contributed by atoms with van der Waals surface area (Å²) in [5, 5.41) is 15.8. The number of pyridine rings is 2. The van der Waals surface area contributed by atoms with E-state index >= 15 is 0 Å². The van der Waals surface area contributed by atoms with E-state index in [4.69, 9.17) is 4.98 Å². The minimum Gasteiger partial charge on any atom is -0.337 e. The fourth-order valence-electron chi connectivity index (χ4n) is 4.53. The molecule has 8 nitrogen and oxygen atoms in total. The van der Waals surface area contributed by atoms with Gasteiger partial charge in [0, 0.05) is 40.7 Å². The van der Waals surface area contributed by atoms with Crippen molar-refractivity contribution in [1.82, 2.24) is 30.1 Å². The quantitative estimate of drug-likeness (QED) is 0.222. The standard InChI is InChI=1S/C28H25N7OS/c1-3-4-5-23(36)31-20-11-19(13-29-14-20)18-10-16(2)24-21(12-18)26(35-34-24)28-32-22-6-8-30-25(27(22)33-28)17-7-9-37-15-17/h6-15H,3-5H2,1-2H3,(H,31,36)(H,32,33)(H,34,35). The van der Waals surface area contributed by atoms with Gasteiger partial charge in [-0.3, -0.25) is 19.9 Å². The Morgan fingerprint density at radius 3 is 2.84 bits per heavy atom. The molecule has 1 amide bonds. The molecule has 0 radical (unpaired) electrons. The van der Waals surface area contributed by atoms with Gasteiger partial charge in [-0.2, -0.15) is 16.4 Å². The molecule has 37 heavy (non-hydrogen) atoms. The average Bonchev–Trinajstić information content (AvgIpc) is 3.67. The van der Waals surface area contributed by atoms with Crippen LogP contribution in [0.5, 0.6) is 0 Å². The van der Waals surface area contributed by atoms with Gasteiger partial charge in [0.2, 0.25) is 5.91 Å². The first-order valence-corrected chi connectivity index (χ1v) is 13.2. The minimum atomic E-state index is 0.00532. The summed E-state index contributed by atoms with van der Waals surface area (Å²) >= 11 is 1.64. The number of anilines is 1. The number of unbranched alkanes of at least 4 members (excludes halogenated alkanes) is 1. The van der Waals surface area contributed by atoms with Gasteiger partial charge >= 0.3 is 0 Å². The average molecular weight is 508 g/mol. The lowest BCUT2D eigenvalue weighted by molar-refractivity contribution is -0.116. The molecule has 0 saturated carbocycles. The number of H-pyrrole nitrogens is 2. The van der Waals surface area contributed by atoms with E-state index in [2.05, 4.69) is 61.0 Å². The Hall–Kier alpha value is -4.37. The van der Waals surface area contributed by atoms with Crippen molar-refractivity contribution in [3.8, 4) is 33.9 Å². The van der Waals surface area contributed by atoms with Gasteiger partial charge in [-0.15, -0.1) is 0 Å². The molecule has 0 spiro atoms. The van der Waals surface area contributed by atoms with E-state index in [0.29, 0.717) is 17.9 Å². The topological polar surface area (TPSA) is 112 Å². The van der Waals surface area contributed by atoms with Crippen LogP contribution in [0, 0.1) is 6.92 Å². The molecule has 5 aromatic heterocycles. The first-order chi connectivity index (χ1) is 18.1. The van der Waals surface area contributed by atoms with E-state index in [0.717, 1.165) is 68.4 Å². The number of thiophene rings is 1. The second-order valence-corrected chi connectivity index (χ2v) is 9.84. The van der Waals surface area contributed by atoms with Gasteiger partial charge in [0.25, 0.3) is 0 Å². The minimum absolute atomic E-state index is 0.00532. The zero-order chi connectivity index (χ0) is 25.4. The Morgan fingerprint density at radius 1 is 1.08 bits per heavy atom. The van der Waals surface area contributed by atoms with Crippen LogP contribution in [0.2, 0.25) is 0 Å². The molecule has 0 bridgehead atoms. The molecule has 0 aliphatic rings. The third-order valence-corrected chi connectivity index (χ3v) is 7.08. The number of aromatic nitrogens is 6. The molecular weight excluding hydrogens is 482 g/mol. The zero-order valence-corrected chi connectivity index (χ0v) is 21.3. The second kappa shape index (κ2) is 9.59. The molecule has 6 aromatic rings. The summed E-state index contributed by atoms with van der Waals surface area (Å²) in [7, 11) is 0. The molecule has 9 heteroatoms. The molecule has 0 aliphatic carbocycles. The summed E-state index contributed by atoms with van der Waals surface area (Å²) in [6, 6.07) is 10.1. The van der Waals surface area contributed by atoms with Gasteiger partial charge in [-0.05, 0) is 60.2 Å². The van der Waals surface area contributed by atoms with Crippen molar-refractivity contribution in [3.63, 3.8) is 0 Å². The normalized spacial score (nSPS) is 11.4. The van der Waals surface area contributed by atoms with Crippen LogP contribution in [-0.4, -0.2) is 36.0 Å². The predicted octanol–water partition coefficient (Wildman–Crippen LogP) is 6.73. The molecule has 0 unspecified atom stereocenters. The highest BCUT2D eigenvalue weighted by atomic mass is 32.1. The largest absolute Gasteiger partial charge is 0.337 e. The van der Waals surface area contributed by atoms with Gasteiger partial charge in [-0.1, -0.05) is 13.3 Å². The maximum atomic E-state index is 12.2. The maximum absolute atomic E-state index is 12.2. The smallest absolute Gasteiger partial charge is 0.224 e. The molecule has 3 N–H and O–H groups in total. The number of fused-ring (bicyclic) bond motifs is 2. The van der Waals surface area contributed by atoms with Crippen LogP contribution in [0.4, 0.5) is 5.69 Å². The van der Waals surface area contributed by atoms with Crippen LogP contribution in [0.3, 0.4) is 0 Å². The molecule has 6 rings (SSSR count). The summed E-state index contributed by atoms with van der Waals surface area (Å²) < 4.78 is 0. The number of carbonyl (C=O) groups excluding carboxylic acids is 1. The molecule has 1 aromatic carbocycles. The van der Waals surface area contributed by atoms with Crippen molar-refractivity contribution in [3.05, 3.63) is 65.2 Å². The highest BCUT2D eigenvalue weighted by Crippen LogP contribution is 2.34. The molecular formula is C28H25N7OS. The first kappa shape index (κ1) is 23.1. The number of benzene rings is 1. The summed E-state index contributed by atoms with van der Waals surface area (Å²) in [5.74, 6) is 0.708. The summed E-state index contributed by atoms with van der Waals surface area (Å²) in [5.41, 5.74) is 8.96. The lowest BCUT2D eigenvalue weighted by Gasteiger charge is -2.08. The number of hydrogen-bond acceptors (Lipinski definition) is 6. The van der Waals surface area contributed by atoms with E-state index in [1.165, 1.54) is 0 Å². The third kappa shape index (κ3) is 4.38. The number of hydrogen-bond donors (Lipinski definition) is 3. The van der Waals surface area contributed by atoms with Gasteiger partial charge in [0.1, 0.15) is 11.2 Å². The SMILES string of the molecule is CCCCC(=O)Nc1cncc(-c2cc(C)c3n[nH]c(-c4nc5c(-c6ccsc6)nccc5[nH]4)c3c2)c1. The molecule has 184 valence electrons. The highest BCUT2D eigenvalue weighted by Gasteiger charge is 2.17. The monoisotopic (exact) mass is 507 g/mol. The number of carbonyl (C=O) groups is 1. The van der Waals surface area contributed by atoms with E-state index in [9.17, 15) is 4.79 Å². The van der Waals surface area contributed by atoms with Crippen molar-refractivity contribution >= 4 is 44.9 Å². The number of amides is 1. The van der Waals surface area contributed by atoms with Crippen molar-refractivity contribution in [1.29, 1.82) is 0 Å². The molecule has 0 fully saturated rings. The van der Waals surface area contributed by atoms with Crippen LogP contribution in [0.1, 0.15) is 31.7 Å². The van der Waals surface area contributed by atoms with E-state index in [-0.39, 0.29) is 5.91 Å². The second-order valence-electron chi connectivity index (χ2n) is 9.06. The van der Waals surface area contributed by atoms with Crippen molar-refractivity contribution in [2.75, 3.05) is 5.32 Å². The van der Waals surface area contributed by atoms with E-state index in [1.54, 1.807) is 23.7 Å². The van der Waals surface area contributed by atoms with Gasteiger partial charge in [0.15, 0.2) is 5.82 Å². The lowest BCUT2D eigenvalue weighted by Crippen LogP contribution is -2.11. The Bertz CT molecular complexity index is 1730. The van der Waals surface area contributed by atoms with Crippen LogP contribution >= 0.6 is 11.3 Å². The lowest BCUT2D eigenvalue weighted by atomic mass is 10.0. The number of aromatic amines is 2. The van der Waals surface area contributed by atoms with Gasteiger partial charge in [0.05, 0.1) is 28.6 Å². The Morgan fingerprint density at radius 2 is 2.00 bits per heavy atom. The van der Waals surface area contributed by atoms with Gasteiger partial charge in [-0.25, -0.2) is 4.98 Å². The zero-order valence-electron chi connectivity index (χ0n) is 20.5. The summed E-state index contributed by atoms with van der Waals surface area (Å²) in [4.78, 5) is 29.5.